The smallest absolute Gasteiger partial charge is 0.112 e. The lowest BCUT2D eigenvalue weighted by molar-refractivity contribution is 0.275. The number of aliphatic hydroxyl groups is 1. The third-order valence-electron chi connectivity index (χ3n) is 2.57. The number of halogens is 2. The molecule has 18 heavy (non-hydrogen) atoms. The van der Waals surface area contributed by atoms with Crippen LogP contribution in [0, 0.1) is 0 Å². The Kier molecular flexibility index (Phi) is 3.90. The molecule has 1 aromatic carbocycles. The van der Waals surface area contributed by atoms with Crippen LogP contribution in [0.3, 0.4) is 0 Å². The van der Waals surface area contributed by atoms with Gasteiger partial charge < -0.3 is 5.11 Å². The molecule has 0 aliphatic heterocycles. The summed E-state index contributed by atoms with van der Waals surface area (Å²) in [4.78, 5) is 0. The first-order valence-corrected chi connectivity index (χ1v) is 6.30. The lowest BCUT2D eigenvalue weighted by Gasteiger charge is -2.11. The van der Waals surface area contributed by atoms with E-state index < -0.39 is 0 Å². The second-order valence-electron chi connectivity index (χ2n) is 4.27. The SMILES string of the molecule is CC(C)c1c(CO)nnn1-c1cc(Cl)cc(Cl)c1. The molecule has 2 aromatic rings. The second kappa shape index (κ2) is 5.26. The predicted molar refractivity (Wildman–Crippen MR) is 71.4 cm³/mol. The molecule has 6 heteroatoms. The quantitative estimate of drug-likeness (QED) is 0.942. The summed E-state index contributed by atoms with van der Waals surface area (Å²) >= 11 is 12.0. The number of hydrogen-bond acceptors (Lipinski definition) is 3. The Morgan fingerprint density at radius 1 is 1.22 bits per heavy atom. The molecule has 0 spiro atoms. The zero-order chi connectivity index (χ0) is 13.3. The molecule has 0 radical (unpaired) electrons. The minimum atomic E-state index is -0.137. The zero-order valence-electron chi connectivity index (χ0n) is 10.1. The highest BCUT2D eigenvalue weighted by Crippen LogP contribution is 2.25. The molecule has 0 aliphatic rings. The van der Waals surface area contributed by atoms with Crippen LogP contribution < -0.4 is 0 Å². The summed E-state index contributed by atoms with van der Waals surface area (Å²) in [7, 11) is 0. The number of aromatic nitrogens is 3. The maximum atomic E-state index is 9.27. The zero-order valence-corrected chi connectivity index (χ0v) is 11.6. The van der Waals surface area contributed by atoms with Gasteiger partial charge in [-0.15, -0.1) is 5.10 Å². The molecule has 2 rings (SSSR count). The van der Waals surface area contributed by atoms with Crippen LogP contribution in [0.2, 0.25) is 10.0 Å². The van der Waals surface area contributed by atoms with Gasteiger partial charge in [0.1, 0.15) is 5.69 Å². The highest BCUT2D eigenvalue weighted by molar-refractivity contribution is 6.34. The van der Waals surface area contributed by atoms with Crippen LogP contribution in [-0.4, -0.2) is 20.1 Å². The molecule has 1 heterocycles. The third-order valence-corrected chi connectivity index (χ3v) is 3.00. The standard InChI is InChI=1S/C12H13Cl2N3O/c1-7(2)12-11(6-18)15-16-17(12)10-4-8(13)3-9(14)5-10/h3-5,7,18H,6H2,1-2H3. The van der Waals surface area contributed by atoms with Crippen LogP contribution in [0.5, 0.6) is 0 Å². The highest BCUT2D eigenvalue weighted by atomic mass is 35.5. The van der Waals surface area contributed by atoms with E-state index in [0.29, 0.717) is 15.7 Å². The Morgan fingerprint density at radius 3 is 2.33 bits per heavy atom. The van der Waals surface area contributed by atoms with Crippen LogP contribution >= 0.6 is 23.2 Å². The van der Waals surface area contributed by atoms with Gasteiger partial charge in [-0.2, -0.15) is 0 Å². The van der Waals surface area contributed by atoms with Crippen molar-refractivity contribution in [1.29, 1.82) is 0 Å². The lowest BCUT2D eigenvalue weighted by atomic mass is 10.1. The second-order valence-corrected chi connectivity index (χ2v) is 5.15. The van der Waals surface area contributed by atoms with Gasteiger partial charge in [0, 0.05) is 10.0 Å². The molecule has 0 saturated heterocycles. The lowest BCUT2D eigenvalue weighted by Crippen LogP contribution is -2.05. The van der Waals surface area contributed by atoms with E-state index in [9.17, 15) is 5.11 Å². The summed E-state index contributed by atoms with van der Waals surface area (Å²) < 4.78 is 1.66. The van der Waals surface area contributed by atoms with Gasteiger partial charge in [-0.3, -0.25) is 0 Å². The Balaban J connectivity index is 2.60. The molecule has 0 aliphatic carbocycles. The number of hydrogen-bond donors (Lipinski definition) is 1. The van der Waals surface area contributed by atoms with E-state index in [4.69, 9.17) is 23.2 Å². The summed E-state index contributed by atoms with van der Waals surface area (Å²) in [5.74, 6) is 0.180. The van der Waals surface area contributed by atoms with Crippen molar-refractivity contribution >= 4 is 23.2 Å². The number of benzene rings is 1. The van der Waals surface area contributed by atoms with Crippen LogP contribution in [0.4, 0.5) is 0 Å². The van der Waals surface area contributed by atoms with Crippen LogP contribution in [0.15, 0.2) is 18.2 Å². The van der Waals surface area contributed by atoms with E-state index in [0.717, 1.165) is 11.4 Å². The van der Waals surface area contributed by atoms with Crippen LogP contribution in [0.1, 0.15) is 31.2 Å². The molecule has 1 N–H and O–H groups in total. The van der Waals surface area contributed by atoms with Gasteiger partial charge in [0.2, 0.25) is 0 Å². The van der Waals surface area contributed by atoms with Gasteiger partial charge in [0.05, 0.1) is 18.0 Å². The van der Waals surface area contributed by atoms with Crippen LogP contribution in [-0.2, 0) is 6.61 Å². The summed E-state index contributed by atoms with van der Waals surface area (Å²) in [5, 5.41) is 18.4. The molecule has 1 aromatic heterocycles. The molecule has 96 valence electrons. The maximum Gasteiger partial charge on any atom is 0.112 e. The fourth-order valence-electron chi connectivity index (χ4n) is 1.86. The molecule has 0 saturated carbocycles. The Hall–Kier alpha value is -1.10. The Labute approximate surface area is 115 Å². The number of aliphatic hydroxyl groups excluding tert-OH is 1. The van der Waals surface area contributed by atoms with Gasteiger partial charge in [-0.1, -0.05) is 42.3 Å². The molecular formula is C12H13Cl2N3O. The monoisotopic (exact) mass is 285 g/mol. The topological polar surface area (TPSA) is 50.9 Å². The van der Waals surface area contributed by atoms with Crippen molar-refractivity contribution < 1.29 is 5.11 Å². The van der Waals surface area contributed by atoms with E-state index in [1.807, 2.05) is 13.8 Å². The Morgan fingerprint density at radius 2 is 1.83 bits per heavy atom. The van der Waals surface area contributed by atoms with Gasteiger partial charge in [0.15, 0.2) is 0 Å². The fourth-order valence-corrected chi connectivity index (χ4v) is 2.38. The average molecular weight is 286 g/mol. The normalized spacial score (nSPS) is 11.2. The van der Waals surface area contributed by atoms with E-state index >= 15 is 0 Å². The molecule has 0 amide bonds. The van der Waals surface area contributed by atoms with Crippen molar-refractivity contribution in [3.63, 3.8) is 0 Å². The number of rotatable bonds is 3. The minimum Gasteiger partial charge on any atom is -0.390 e. The predicted octanol–water partition coefficient (Wildman–Crippen LogP) is 3.19. The van der Waals surface area contributed by atoms with E-state index in [1.165, 1.54) is 0 Å². The largest absolute Gasteiger partial charge is 0.390 e. The summed E-state index contributed by atoms with van der Waals surface area (Å²) in [6, 6.07) is 5.18. The Bertz CT molecular complexity index is 546. The van der Waals surface area contributed by atoms with Gasteiger partial charge in [-0.25, -0.2) is 4.68 Å². The summed E-state index contributed by atoms with van der Waals surface area (Å²) in [5.41, 5.74) is 2.17. The van der Waals surface area contributed by atoms with Crippen molar-refractivity contribution in [2.24, 2.45) is 0 Å². The van der Waals surface area contributed by atoms with Crippen molar-refractivity contribution in [3.8, 4) is 5.69 Å². The fraction of sp³-hybridized carbons (Fsp3) is 0.333. The first-order chi connectivity index (χ1) is 8.52. The van der Waals surface area contributed by atoms with Crippen molar-refractivity contribution in [3.05, 3.63) is 39.6 Å². The molecule has 0 unspecified atom stereocenters. The summed E-state index contributed by atoms with van der Waals surface area (Å²) in [6.07, 6.45) is 0. The maximum absolute atomic E-state index is 9.27. The molecule has 0 atom stereocenters. The van der Waals surface area contributed by atoms with E-state index in [1.54, 1.807) is 22.9 Å². The van der Waals surface area contributed by atoms with Crippen LogP contribution in [0.25, 0.3) is 5.69 Å². The van der Waals surface area contributed by atoms with E-state index in [2.05, 4.69) is 10.3 Å². The van der Waals surface area contributed by atoms with Crippen molar-refractivity contribution in [2.45, 2.75) is 26.4 Å². The van der Waals surface area contributed by atoms with Crippen molar-refractivity contribution in [2.75, 3.05) is 0 Å². The molecule has 4 nitrogen and oxygen atoms in total. The van der Waals surface area contributed by atoms with Gasteiger partial charge in [-0.05, 0) is 24.1 Å². The molecule has 0 fully saturated rings. The third kappa shape index (κ3) is 2.51. The van der Waals surface area contributed by atoms with Gasteiger partial charge >= 0.3 is 0 Å². The minimum absolute atomic E-state index is 0.137. The summed E-state index contributed by atoms with van der Waals surface area (Å²) in [6.45, 7) is 3.89. The highest BCUT2D eigenvalue weighted by Gasteiger charge is 2.17. The van der Waals surface area contributed by atoms with Gasteiger partial charge in [0.25, 0.3) is 0 Å². The first kappa shape index (κ1) is 13.3. The molecule has 0 bridgehead atoms. The average Bonchev–Trinajstić information content (AvgIpc) is 2.71. The number of nitrogens with zero attached hydrogens (tertiary/aromatic N) is 3. The van der Waals surface area contributed by atoms with E-state index in [-0.39, 0.29) is 12.5 Å². The first-order valence-electron chi connectivity index (χ1n) is 5.54. The van der Waals surface area contributed by atoms with Crippen molar-refractivity contribution in [1.82, 2.24) is 15.0 Å². The molecular weight excluding hydrogens is 273 g/mol.